The van der Waals surface area contributed by atoms with Gasteiger partial charge in [0.25, 0.3) is 5.56 Å². The maximum Gasteiger partial charge on any atom is 0.255 e. The number of fused-ring (bicyclic) bond motifs is 1. The van der Waals surface area contributed by atoms with E-state index in [-0.39, 0.29) is 23.5 Å². The van der Waals surface area contributed by atoms with Gasteiger partial charge in [-0.2, -0.15) is 9.37 Å². The second-order valence-corrected chi connectivity index (χ2v) is 9.11. The smallest absolute Gasteiger partial charge is 0.255 e. The number of nitrogen functional groups attached to an aromatic ring is 1. The van der Waals surface area contributed by atoms with Crippen LogP contribution >= 0.6 is 0 Å². The Bertz CT molecular complexity index is 1450. The van der Waals surface area contributed by atoms with E-state index < -0.39 is 12.4 Å². The summed E-state index contributed by atoms with van der Waals surface area (Å²) in [5, 5.41) is 1.25. The number of nitrogens with one attached hydrogen (secondary N) is 1. The predicted octanol–water partition coefficient (Wildman–Crippen LogP) is 4.54. The number of H-pyrrole nitrogens is 1. The second kappa shape index (κ2) is 10.6. The Balaban J connectivity index is 1.33. The van der Waals surface area contributed by atoms with Crippen molar-refractivity contribution in [1.29, 1.82) is 0 Å². The Kier molecular flexibility index (Phi) is 7.09. The largest absolute Gasteiger partial charge is 0.382 e. The van der Waals surface area contributed by atoms with Crippen LogP contribution in [-0.2, 0) is 0 Å². The van der Waals surface area contributed by atoms with Crippen LogP contribution in [0.15, 0.2) is 59.5 Å². The van der Waals surface area contributed by atoms with Crippen molar-refractivity contribution in [1.82, 2.24) is 19.9 Å². The average Bonchev–Trinajstić information content (AvgIpc) is 2.89. The molecular formula is C27H27F3N6O. The molecule has 1 fully saturated rings. The highest BCUT2D eigenvalue weighted by atomic mass is 19.3. The molecule has 0 radical (unpaired) electrons. The topological polar surface area (TPSA) is 91.1 Å². The fourth-order valence-electron chi connectivity index (χ4n) is 4.69. The van der Waals surface area contributed by atoms with Gasteiger partial charge in [-0.1, -0.05) is 18.2 Å². The van der Waals surface area contributed by atoms with Crippen molar-refractivity contribution < 1.29 is 13.2 Å². The van der Waals surface area contributed by atoms with Gasteiger partial charge in [0.05, 0.1) is 0 Å². The SMILES string of the molecule is Nc1nc(F)c(-c2ccc(N3CCN(CCCC(F)F)CC3)cc2)nc1-c1ccc2c(=O)[nH]ccc2c1. The standard InChI is InChI=1S/C27H27F3N6O/c28-22(29)2-1-11-35-12-14-36(15-13-35)20-6-3-17(4-7-20)23-25(30)34-26(31)24(33-23)19-5-8-21-18(16-19)9-10-32-27(21)37/h3-10,16,22H,1-2,11-15H2,(H2,31,34)(H,32,37). The maximum absolute atomic E-state index is 14.8. The zero-order valence-corrected chi connectivity index (χ0v) is 20.1. The van der Waals surface area contributed by atoms with E-state index in [0.29, 0.717) is 40.6 Å². The molecule has 3 N–H and O–H groups in total. The third-order valence-corrected chi connectivity index (χ3v) is 6.70. The Labute approximate surface area is 211 Å². The zero-order valence-electron chi connectivity index (χ0n) is 20.1. The Morgan fingerprint density at radius 1 is 0.946 bits per heavy atom. The van der Waals surface area contributed by atoms with Gasteiger partial charge in [0.15, 0.2) is 5.82 Å². The third kappa shape index (κ3) is 5.43. The number of piperazine rings is 1. The van der Waals surface area contributed by atoms with Crippen LogP contribution in [0.2, 0.25) is 0 Å². The molecule has 2 aromatic heterocycles. The fraction of sp³-hybridized carbons (Fsp3) is 0.296. The first-order valence-electron chi connectivity index (χ1n) is 12.2. The minimum atomic E-state index is -2.25. The van der Waals surface area contributed by atoms with E-state index in [1.165, 1.54) is 0 Å². The lowest BCUT2D eigenvalue weighted by Gasteiger charge is -2.36. The van der Waals surface area contributed by atoms with Crippen LogP contribution in [-0.4, -0.2) is 59.0 Å². The lowest BCUT2D eigenvalue weighted by atomic mass is 10.1. The van der Waals surface area contributed by atoms with Crippen LogP contribution < -0.4 is 16.2 Å². The number of hydrogen-bond donors (Lipinski definition) is 2. The molecule has 0 saturated carbocycles. The number of rotatable bonds is 7. The number of benzene rings is 2. The van der Waals surface area contributed by atoms with Crippen LogP contribution in [0.3, 0.4) is 0 Å². The quantitative estimate of drug-likeness (QED) is 0.381. The minimum absolute atomic E-state index is 0.0338. The summed E-state index contributed by atoms with van der Waals surface area (Å²) < 4.78 is 39.6. The first-order chi connectivity index (χ1) is 17.9. The number of anilines is 2. The van der Waals surface area contributed by atoms with Crippen molar-refractivity contribution in [2.24, 2.45) is 0 Å². The maximum atomic E-state index is 14.8. The molecule has 0 spiro atoms. The number of aromatic nitrogens is 3. The Morgan fingerprint density at radius 2 is 1.68 bits per heavy atom. The highest BCUT2D eigenvalue weighted by Crippen LogP contribution is 2.30. The van der Waals surface area contributed by atoms with Crippen molar-refractivity contribution in [3.05, 3.63) is 71.0 Å². The number of halogens is 3. The molecule has 10 heteroatoms. The molecule has 0 unspecified atom stereocenters. The van der Waals surface area contributed by atoms with E-state index in [9.17, 15) is 18.0 Å². The molecule has 7 nitrogen and oxygen atoms in total. The Morgan fingerprint density at radius 3 is 2.41 bits per heavy atom. The molecule has 192 valence electrons. The molecule has 4 aromatic rings. The van der Waals surface area contributed by atoms with Gasteiger partial charge in [-0.05, 0) is 48.7 Å². The monoisotopic (exact) mass is 508 g/mol. The van der Waals surface area contributed by atoms with E-state index in [1.54, 1.807) is 42.6 Å². The summed E-state index contributed by atoms with van der Waals surface area (Å²) in [6, 6.07) is 14.4. The van der Waals surface area contributed by atoms with Gasteiger partial charge in [0.1, 0.15) is 11.4 Å². The van der Waals surface area contributed by atoms with Crippen LogP contribution in [0.25, 0.3) is 33.3 Å². The zero-order chi connectivity index (χ0) is 25.9. The highest BCUT2D eigenvalue weighted by molar-refractivity contribution is 5.87. The van der Waals surface area contributed by atoms with Crippen molar-refractivity contribution in [2.75, 3.05) is 43.4 Å². The third-order valence-electron chi connectivity index (χ3n) is 6.70. The molecule has 1 saturated heterocycles. The van der Waals surface area contributed by atoms with Crippen LogP contribution in [0, 0.1) is 5.95 Å². The molecule has 0 aliphatic carbocycles. The normalized spacial score (nSPS) is 14.5. The number of pyridine rings is 1. The predicted molar refractivity (Wildman–Crippen MR) is 139 cm³/mol. The summed E-state index contributed by atoms with van der Waals surface area (Å²) in [5.74, 6) is -0.794. The van der Waals surface area contributed by atoms with Gasteiger partial charge in [0, 0.05) is 61.0 Å². The van der Waals surface area contributed by atoms with E-state index in [4.69, 9.17) is 5.73 Å². The molecule has 2 aromatic carbocycles. The van der Waals surface area contributed by atoms with Crippen molar-refractivity contribution in [3.8, 4) is 22.5 Å². The first-order valence-corrected chi connectivity index (χ1v) is 12.2. The Hall–Kier alpha value is -3.92. The summed E-state index contributed by atoms with van der Waals surface area (Å²) in [6.45, 7) is 3.88. The van der Waals surface area contributed by atoms with E-state index >= 15 is 0 Å². The summed E-state index contributed by atoms with van der Waals surface area (Å²) in [7, 11) is 0. The van der Waals surface area contributed by atoms with Crippen molar-refractivity contribution in [3.63, 3.8) is 0 Å². The number of aromatic amines is 1. The number of hydrogen-bond acceptors (Lipinski definition) is 6. The lowest BCUT2D eigenvalue weighted by Crippen LogP contribution is -2.46. The van der Waals surface area contributed by atoms with Gasteiger partial charge >= 0.3 is 0 Å². The molecule has 0 bridgehead atoms. The number of alkyl halides is 2. The van der Waals surface area contributed by atoms with E-state index in [2.05, 4.69) is 24.8 Å². The van der Waals surface area contributed by atoms with E-state index in [0.717, 1.165) is 31.9 Å². The van der Waals surface area contributed by atoms with Crippen molar-refractivity contribution in [2.45, 2.75) is 19.3 Å². The minimum Gasteiger partial charge on any atom is -0.382 e. The molecule has 3 heterocycles. The molecule has 1 aliphatic rings. The molecule has 0 amide bonds. The van der Waals surface area contributed by atoms with Gasteiger partial charge < -0.3 is 15.6 Å². The molecule has 0 atom stereocenters. The van der Waals surface area contributed by atoms with Crippen LogP contribution in [0.4, 0.5) is 24.7 Å². The number of nitrogens with two attached hydrogens (primary N) is 1. The van der Waals surface area contributed by atoms with Crippen LogP contribution in [0.1, 0.15) is 12.8 Å². The second-order valence-electron chi connectivity index (χ2n) is 9.11. The van der Waals surface area contributed by atoms with Gasteiger partial charge in [-0.25, -0.2) is 13.8 Å². The molecular weight excluding hydrogens is 481 g/mol. The highest BCUT2D eigenvalue weighted by Gasteiger charge is 2.19. The summed E-state index contributed by atoms with van der Waals surface area (Å²) >= 11 is 0. The van der Waals surface area contributed by atoms with Crippen molar-refractivity contribution >= 4 is 22.3 Å². The first kappa shape index (κ1) is 24.8. The van der Waals surface area contributed by atoms with E-state index in [1.807, 2.05) is 12.1 Å². The lowest BCUT2D eigenvalue weighted by molar-refractivity contribution is 0.127. The summed E-state index contributed by atoms with van der Waals surface area (Å²) in [6.07, 6.45) is -0.242. The number of nitrogens with zero attached hydrogens (tertiary/aromatic N) is 4. The summed E-state index contributed by atoms with van der Waals surface area (Å²) in [4.78, 5) is 27.5. The van der Waals surface area contributed by atoms with Gasteiger partial charge in [0.2, 0.25) is 12.4 Å². The van der Waals surface area contributed by atoms with Gasteiger partial charge in [-0.3, -0.25) is 9.69 Å². The van der Waals surface area contributed by atoms with Crippen LogP contribution in [0.5, 0.6) is 0 Å². The molecule has 37 heavy (non-hydrogen) atoms. The fourth-order valence-corrected chi connectivity index (χ4v) is 4.69. The molecule has 1 aliphatic heterocycles. The average molecular weight is 509 g/mol. The molecule has 5 rings (SSSR count). The summed E-state index contributed by atoms with van der Waals surface area (Å²) in [5.41, 5.74) is 8.45. The van der Waals surface area contributed by atoms with Gasteiger partial charge in [-0.15, -0.1) is 0 Å².